The van der Waals surface area contributed by atoms with Gasteiger partial charge in [0.1, 0.15) is 0 Å². The van der Waals surface area contributed by atoms with Gasteiger partial charge in [0.2, 0.25) is 5.91 Å². The van der Waals surface area contributed by atoms with Crippen LogP contribution in [-0.4, -0.2) is 85.3 Å². The van der Waals surface area contributed by atoms with E-state index in [9.17, 15) is 4.79 Å². The number of nitrogens with zero attached hydrogens (tertiary/aromatic N) is 6. The lowest BCUT2D eigenvalue weighted by Gasteiger charge is -2.36. The molecule has 1 aromatic rings. The van der Waals surface area contributed by atoms with Gasteiger partial charge in [0.25, 0.3) is 0 Å². The number of piperazine rings is 2. The zero-order chi connectivity index (χ0) is 17.8. The Morgan fingerprint density at radius 1 is 0.920 bits per heavy atom. The van der Waals surface area contributed by atoms with Crippen LogP contribution in [0.4, 0.5) is 11.6 Å². The standard InChI is InChI=1S/C18H30N6O/c1-15(2)14-18(25)24-12-10-23(11-13-24)17-5-4-16(19-20-17)22-8-6-21(3)7-9-22/h4-5,15H,6-14H2,1-3H3. The largest absolute Gasteiger partial charge is 0.353 e. The number of aromatic nitrogens is 2. The van der Waals surface area contributed by atoms with Gasteiger partial charge in [0, 0.05) is 58.8 Å². The third-order valence-electron chi connectivity index (χ3n) is 5.00. The van der Waals surface area contributed by atoms with E-state index in [1.165, 1.54) is 0 Å². The SMILES string of the molecule is CC(C)CC(=O)N1CCN(c2ccc(N3CCN(C)CC3)nn2)CC1. The van der Waals surface area contributed by atoms with Crippen molar-refractivity contribution >= 4 is 17.5 Å². The van der Waals surface area contributed by atoms with Gasteiger partial charge in [-0.15, -0.1) is 10.2 Å². The normalized spacial score (nSPS) is 19.6. The molecule has 3 heterocycles. The molecular weight excluding hydrogens is 316 g/mol. The minimum Gasteiger partial charge on any atom is -0.353 e. The fourth-order valence-electron chi connectivity index (χ4n) is 3.35. The number of hydrogen-bond acceptors (Lipinski definition) is 6. The van der Waals surface area contributed by atoms with Crippen LogP contribution >= 0.6 is 0 Å². The van der Waals surface area contributed by atoms with Crippen LogP contribution in [0.5, 0.6) is 0 Å². The summed E-state index contributed by atoms with van der Waals surface area (Å²) in [6.45, 7) is 11.5. The molecule has 0 atom stereocenters. The molecule has 25 heavy (non-hydrogen) atoms. The highest BCUT2D eigenvalue weighted by Crippen LogP contribution is 2.18. The van der Waals surface area contributed by atoms with Gasteiger partial charge in [-0.1, -0.05) is 13.8 Å². The summed E-state index contributed by atoms with van der Waals surface area (Å²) in [5.74, 6) is 2.56. The molecule has 138 valence electrons. The predicted molar refractivity (Wildman–Crippen MR) is 100.0 cm³/mol. The lowest BCUT2D eigenvalue weighted by molar-refractivity contribution is -0.132. The summed E-state index contributed by atoms with van der Waals surface area (Å²) in [5, 5.41) is 8.86. The predicted octanol–water partition coefficient (Wildman–Crippen LogP) is 0.923. The van der Waals surface area contributed by atoms with Crippen molar-refractivity contribution in [2.45, 2.75) is 20.3 Å². The highest BCUT2D eigenvalue weighted by molar-refractivity contribution is 5.76. The lowest BCUT2D eigenvalue weighted by Crippen LogP contribution is -2.49. The van der Waals surface area contributed by atoms with Crippen LogP contribution in [0, 0.1) is 5.92 Å². The van der Waals surface area contributed by atoms with Crippen LogP contribution in [0.15, 0.2) is 12.1 Å². The molecule has 0 saturated carbocycles. The summed E-state index contributed by atoms with van der Waals surface area (Å²) >= 11 is 0. The van der Waals surface area contributed by atoms with Crippen molar-refractivity contribution in [1.29, 1.82) is 0 Å². The van der Waals surface area contributed by atoms with Gasteiger partial charge >= 0.3 is 0 Å². The highest BCUT2D eigenvalue weighted by Gasteiger charge is 2.23. The smallest absolute Gasteiger partial charge is 0.222 e. The van der Waals surface area contributed by atoms with E-state index in [-0.39, 0.29) is 5.91 Å². The van der Waals surface area contributed by atoms with E-state index in [1.807, 2.05) is 4.90 Å². The van der Waals surface area contributed by atoms with Crippen molar-refractivity contribution in [2.24, 2.45) is 5.92 Å². The Bertz CT molecular complexity index is 559. The molecule has 0 N–H and O–H groups in total. The average molecular weight is 346 g/mol. The third-order valence-corrected chi connectivity index (χ3v) is 5.00. The van der Waals surface area contributed by atoms with E-state index >= 15 is 0 Å². The number of likely N-dealkylation sites (N-methyl/N-ethyl adjacent to an activating group) is 1. The molecule has 0 spiro atoms. The maximum absolute atomic E-state index is 12.2. The van der Waals surface area contributed by atoms with Gasteiger partial charge in [-0.05, 0) is 25.1 Å². The van der Waals surface area contributed by atoms with Crippen molar-refractivity contribution in [2.75, 3.05) is 69.2 Å². The molecule has 2 saturated heterocycles. The van der Waals surface area contributed by atoms with E-state index in [2.05, 4.69) is 57.9 Å². The Morgan fingerprint density at radius 2 is 1.40 bits per heavy atom. The zero-order valence-corrected chi connectivity index (χ0v) is 15.7. The van der Waals surface area contributed by atoms with E-state index in [0.29, 0.717) is 12.3 Å². The Balaban J connectivity index is 1.53. The van der Waals surface area contributed by atoms with Gasteiger partial charge in [-0.3, -0.25) is 4.79 Å². The van der Waals surface area contributed by atoms with Crippen LogP contribution in [0.25, 0.3) is 0 Å². The maximum Gasteiger partial charge on any atom is 0.222 e. The van der Waals surface area contributed by atoms with Crippen molar-refractivity contribution < 1.29 is 4.79 Å². The van der Waals surface area contributed by atoms with Crippen molar-refractivity contribution in [3.05, 3.63) is 12.1 Å². The Labute approximate surface area is 150 Å². The number of carbonyl (C=O) groups is 1. The molecule has 0 bridgehead atoms. The summed E-state index contributed by atoms with van der Waals surface area (Å²) in [7, 11) is 2.15. The molecule has 0 radical (unpaired) electrons. The summed E-state index contributed by atoms with van der Waals surface area (Å²) in [6, 6.07) is 4.14. The van der Waals surface area contributed by atoms with Crippen LogP contribution in [0.1, 0.15) is 20.3 Å². The minimum atomic E-state index is 0.270. The quantitative estimate of drug-likeness (QED) is 0.808. The molecular formula is C18H30N6O. The van der Waals surface area contributed by atoms with Gasteiger partial charge < -0.3 is 19.6 Å². The summed E-state index contributed by atoms with van der Waals surface area (Å²) in [6.07, 6.45) is 0.638. The van der Waals surface area contributed by atoms with Crippen molar-refractivity contribution in [1.82, 2.24) is 20.0 Å². The fourth-order valence-corrected chi connectivity index (χ4v) is 3.35. The second-order valence-electron chi connectivity index (χ2n) is 7.51. The summed E-state index contributed by atoms with van der Waals surface area (Å²) < 4.78 is 0. The lowest BCUT2D eigenvalue weighted by atomic mass is 10.1. The number of rotatable bonds is 4. The molecule has 2 fully saturated rings. The number of anilines is 2. The van der Waals surface area contributed by atoms with E-state index in [4.69, 9.17) is 0 Å². The first-order valence-corrected chi connectivity index (χ1v) is 9.33. The molecule has 7 heteroatoms. The molecule has 0 aromatic carbocycles. The average Bonchev–Trinajstić information content (AvgIpc) is 2.62. The maximum atomic E-state index is 12.2. The number of carbonyl (C=O) groups excluding carboxylic acids is 1. The Hall–Kier alpha value is -1.89. The Morgan fingerprint density at radius 3 is 1.84 bits per heavy atom. The number of hydrogen-bond donors (Lipinski definition) is 0. The first kappa shape index (κ1) is 17.9. The molecule has 0 aliphatic carbocycles. The minimum absolute atomic E-state index is 0.270. The third kappa shape index (κ3) is 4.60. The van der Waals surface area contributed by atoms with Crippen LogP contribution in [0.2, 0.25) is 0 Å². The molecule has 1 aromatic heterocycles. The van der Waals surface area contributed by atoms with E-state index in [0.717, 1.165) is 64.0 Å². The molecule has 2 aliphatic heterocycles. The first-order valence-electron chi connectivity index (χ1n) is 9.33. The second kappa shape index (κ2) is 7.99. The molecule has 3 rings (SSSR count). The van der Waals surface area contributed by atoms with Gasteiger partial charge in [0.05, 0.1) is 0 Å². The van der Waals surface area contributed by atoms with Crippen LogP contribution in [0.3, 0.4) is 0 Å². The fraction of sp³-hybridized carbons (Fsp3) is 0.722. The van der Waals surface area contributed by atoms with E-state index in [1.54, 1.807) is 0 Å². The van der Waals surface area contributed by atoms with E-state index < -0.39 is 0 Å². The summed E-state index contributed by atoms with van der Waals surface area (Å²) in [5.41, 5.74) is 0. The first-order chi connectivity index (χ1) is 12.0. The zero-order valence-electron chi connectivity index (χ0n) is 15.7. The monoisotopic (exact) mass is 346 g/mol. The van der Waals surface area contributed by atoms with Crippen LogP contribution in [-0.2, 0) is 4.79 Å². The Kier molecular flexibility index (Phi) is 5.73. The topological polar surface area (TPSA) is 55.8 Å². The molecule has 0 unspecified atom stereocenters. The van der Waals surface area contributed by atoms with Crippen molar-refractivity contribution in [3.63, 3.8) is 0 Å². The van der Waals surface area contributed by atoms with Gasteiger partial charge in [0.15, 0.2) is 11.6 Å². The van der Waals surface area contributed by atoms with Gasteiger partial charge in [-0.2, -0.15) is 0 Å². The second-order valence-corrected chi connectivity index (χ2v) is 7.51. The number of amides is 1. The van der Waals surface area contributed by atoms with Gasteiger partial charge in [-0.25, -0.2) is 0 Å². The molecule has 2 aliphatic rings. The molecule has 1 amide bonds. The highest BCUT2D eigenvalue weighted by atomic mass is 16.2. The van der Waals surface area contributed by atoms with Crippen molar-refractivity contribution in [3.8, 4) is 0 Å². The summed E-state index contributed by atoms with van der Waals surface area (Å²) in [4.78, 5) is 21.0. The van der Waals surface area contributed by atoms with Crippen LogP contribution < -0.4 is 9.80 Å². The molecule has 7 nitrogen and oxygen atoms in total.